The molecule has 0 saturated carbocycles. The van der Waals surface area contributed by atoms with Gasteiger partial charge in [0.1, 0.15) is 6.04 Å². The summed E-state index contributed by atoms with van der Waals surface area (Å²) in [6.45, 7) is 4.80. The first-order valence-corrected chi connectivity index (χ1v) is 6.58. The maximum absolute atomic E-state index is 11.6. The van der Waals surface area contributed by atoms with Crippen LogP contribution in [-0.2, 0) is 9.59 Å². The molecule has 16 heavy (non-hydrogen) atoms. The Kier molecular flexibility index (Phi) is 9.60. The zero-order valence-corrected chi connectivity index (χ0v) is 12.0. The van der Waals surface area contributed by atoms with E-state index in [1.807, 2.05) is 6.92 Å². The van der Waals surface area contributed by atoms with E-state index >= 15 is 0 Å². The third-order valence-corrected chi connectivity index (χ3v) is 2.60. The molecule has 1 atom stereocenters. The Morgan fingerprint density at radius 2 is 2.00 bits per heavy atom. The SMILES string of the molecule is CCNC(=O)C(CCCCNI)NC(C)=O. The predicted molar refractivity (Wildman–Crippen MR) is 72.2 cm³/mol. The van der Waals surface area contributed by atoms with Gasteiger partial charge in [-0.15, -0.1) is 0 Å². The molecule has 94 valence electrons. The van der Waals surface area contributed by atoms with Gasteiger partial charge in [0.2, 0.25) is 11.8 Å². The summed E-state index contributed by atoms with van der Waals surface area (Å²) in [5.41, 5.74) is 0. The lowest BCUT2D eigenvalue weighted by atomic mass is 10.1. The van der Waals surface area contributed by atoms with E-state index in [1.54, 1.807) is 0 Å². The Morgan fingerprint density at radius 3 is 2.50 bits per heavy atom. The van der Waals surface area contributed by atoms with Crippen LogP contribution >= 0.6 is 22.9 Å². The van der Waals surface area contributed by atoms with Gasteiger partial charge in [0.05, 0.1) is 0 Å². The lowest BCUT2D eigenvalue weighted by Crippen LogP contribution is -2.46. The van der Waals surface area contributed by atoms with Crippen LogP contribution in [0.4, 0.5) is 0 Å². The van der Waals surface area contributed by atoms with Crippen molar-refractivity contribution in [1.82, 2.24) is 14.2 Å². The number of carbonyl (C=O) groups is 2. The molecule has 0 aliphatic carbocycles. The summed E-state index contributed by atoms with van der Waals surface area (Å²) in [5.74, 6) is -0.261. The van der Waals surface area contributed by atoms with Crippen molar-refractivity contribution in [2.45, 2.75) is 39.2 Å². The third-order valence-electron chi connectivity index (χ3n) is 2.06. The van der Waals surface area contributed by atoms with Crippen LogP contribution in [0.2, 0.25) is 0 Å². The minimum absolute atomic E-state index is 0.0971. The second kappa shape index (κ2) is 9.83. The molecule has 0 saturated heterocycles. The second-order valence-electron chi connectivity index (χ2n) is 3.53. The summed E-state index contributed by atoms with van der Waals surface area (Å²) in [5, 5.41) is 5.39. The Bertz CT molecular complexity index is 224. The lowest BCUT2D eigenvalue weighted by Gasteiger charge is -2.16. The van der Waals surface area contributed by atoms with Gasteiger partial charge < -0.3 is 10.6 Å². The second-order valence-corrected chi connectivity index (χ2v) is 4.29. The van der Waals surface area contributed by atoms with Crippen LogP contribution in [0, 0.1) is 0 Å². The summed E-state index contributed by atoms with van der Waals surface area (Å²) in [6.07, 6.45) is 2.60. The number of carbonyl (C=O) groups excluding carboxylic acids is 2. The first-order valence-electron chi connectivity index (χ1n) is 5.50. The van der Waals surface area contributed by atoms with Crippen molar-refractivity contribution in [2.75, 3.05) is 13.1 Å². The highest BCUT2D eigenvalue weighted by Crippen LogP contribution is 2.01. The highest BCUT2D eigenvalue weighted by atomic mass is 127. The van der Waals surface area contributed by atoms with Crippen molar-refractivity contribution in [3.8, 4) is 0 Å². The van der Waals surface area contributed by atoms with Crippen molar-refractivity contribution in [3.63, 3.8) is 0 Å². The number of unbranched alkanes of at least 4 members (excludes halogenated alkanes) is 1. The molecule has 2 amide bonds. The molecule has 0 bridgehead atoms. The van der Waals surface area contributed by atoms with Gasteiger partial charge in [-0.3, -0.25) is 13.1 Å². The number of rotatable bonds is 8. The minimum Gasteiger partial charge on any atom is -0.355 e. The number of nitrogens with one attached hydrogen (secondary N) is 3. The molecular weight excluding hydrogens is 321 g/mol. The van der Waals surface area contributed by atoms with E-state index in [9.17, 15) is 9.59 Å². The van der Waals surface area contributed by atoms with Crippen LogP contribution in [0.3, 0.4) is 0 Å². The quantitative estimate of drug-likeness (QED) is 0.346. The van der Waals surface area contributed by atoms with E-state index in [4.69, 9.17) is 0 Å². The first-order chi connectivity index (χ1) is 7.61. The molecule has 0 fully saturated rings. The number of hydrogen-bond donors (Lipinski definition) is 3. The summed E-state index contributed by atoms with van der Waals surface area (Å²) in [4.78, 5) is 22.5. The van der Waals surface area contributed by atoms with E-state index in [2.05, 4.69) is 37.0 Å². The molecule has 5 nitrogen and oxygen atoms in total. The van der Waals surface area contributed by atoms with Crippen molar-refractivity contribution in [1.29, 1.82) is 0 Å². The van der Waals surface area contributed by atoms with Crippen LogP contribution in [0.5, 0.6) is 0 Å². The molecule has 1 unspecified atom stereocenters. The van der Waals surface area contributed by atoms with Crippen molar-refractivity contribution < 1.29 is 9.59 Å². The van der Waals surface area contributed by atoms with Gasteiger partial charge in [0, 0.05) is 42.9 Å². The van der Waals surface area contributed by atoms with Gasteiger partial charge in [-0.2, -0.15) is 0 Å². The third kappa shape index (κ3) is 7.86. The highest BCUT2D eigenvalue weighted by Gasteiger charge is 2.17. The van der Waals surface area contributed by atoms with Crippen LogP contribution in [-0.4, -0.2) is 30.9 Å². The van der Waals surface area contributed by atoms with Crippen molar-refractivity contribution in [3.05, 3.63) is 0 Å². The molecule has 0 radical (unpaired) electrons. The van der Waals surface area contributed by atoms with E-state index in [-0.39, 0.29) is 11.8 Å². The number of likely N-dealkylation sites (N-methyl/N-ethyl adjacent to an activating group) is 1. The van der Waals surface area contributed by atoms with Gasteiger partial charge in [-0.05, 0) is 26.2 Å². The summed E-state index contributed by atoms with van der Waals surface area (Å²) in [6, 6.07) is -0.397. The number of hydrogen-bond acceptors (Lipinski definition) is 3. The lowest BCUT2D eigenvalue weighted by molar-refractivity contribution is -0.128. The Balaban J connectivity index is 3.99. The Morgan fingerprint density at radius 1 is 1.31 bits per heavy atom. The standard InChI is InChI=1S/C10H20IN3O2/c1-3-12-10(16)9(14-8(2)15)6-4-5-7-13-11/h9,13H,3-7H2,1-2H3,(H,12,16)(H,14,15). The van der Waals surface area contributed by atoms with Gasteiger partial charge in [0.15, 0.2) is 0 Å². The van der Waals surface area contributed by atoms with Gasteiger partial charge in [-0.1, -0.05) is 0 Å². The fraction of sp³-hybridized carbons (Fsp3) is 0.800. The Labute approximate surface area is 111 Å². The molecule has 6 heteroatoms. The van der Waals surface area contributed by atoms with Crippen LogP contribution in [0.15, 0.2) is 0 Å². The molecule has 0 spiro atoms. The van der Waals surface area contributed by atoms with Crippen LogP contribution in [0.25, 0.3) is 0 Å². The van der Waals surface area contributed by atoms with Crippen molar-refractivity contribution >= 4 is 34.7 Å². The highest BCUT2D eigenvalue weighted by molar-refractivity contribution is 14.1. The molecule has 0 heterocycles. The fourth-order valence-electron chi connectivity index (χ4n) is 1.35. The number of halogens is 1. The maximum atomic E-state index is 11.6. The van der Waals surface area contributed by atoms with Gasteiger partial charge in [0.25, 0.3) is 0 Å². The molecule has 0 aromatic rings. The Hall–Kier alpha value is -0.370. The summed E-state index contributed by atoms with van der Waals surface area (Å²) < 4.78 is 3.02. The molecule has 3 N–H and O–H groups in total. The average molecular weight is 341 g/mol. The van der Waals surface area contributed by atoms with Crippen molar-refractivity contribution in [2.24, 2.45) is 0 Å². The normalized spacial score (nSPS) is 11.9. The summed E-state index contributed by atoms with van der Waals surface area (Å²) >= 11 is 2.09. The number of amides is 2. The van der Waals surface area contributed by atoms with Crippen LogP contribution < -0.4 is 14.2 Å². The van der Waals surface area contributed by atoms with E-state index < -0.39 is 6.04 Å². The monoisotopic (exact) mass is 341 g/mol. The van der Waals surface area contributed by atoms with E-state index in [1.165, 1.54) is 6.92 Å². The average Bonchev–Trinajstić information content (AvgIpc) is 2.22. The molecule has 0 aliphatic heterocycles. The molecule has 0 aromatic heterocycles. The van der Waals surface area contributed by atoms with Gasteiger partial charge in [-0.25, -0.2) is 0 Å². The molecule has 0 rings (SSSR count). The summed E-state index contributed by atoms with van der Waals surface area (Å²) in [7, 11) is 0. The van der Waals surface area contributed by atoms with E-state index in [0.717, 1.165) is 19.4 Å². The van der Waals surface area contributed by atoms with Gasteiger partial charge >= 0.3 is 0 Å². The molecule has 0 aromatic carbocycles. The smallest absolute Gasteiger partial charge is 0.242 e. The zero-order chi connectivity index (χ0) is 12.4. The van der Waals surface area contributed by atoms with Crippen LogP contribution in [0.1, 0.15) is 33.1 Å². The maximum Gasteiger partial charge on any atom is 0.242 e. The molecule has 0 aliphatic rings. The zero-order valence-electron chi connectivity index (χ0n) is 9.81. The largest absolute Gasteiger partial charge is 0.355 e. The van der Waals surface area contributed by atoms with E-state index in [0.29, 0.717) is 13.0 Å². The topological polar surface area (TPSA) is 70.2 Å². The molecular formula is C10H20IN3O2. The first kappa shape index (κ1) is 15.6. The fourth-order valence-corrected chi connectivity index (χ4v) is 1.73. The minimum atomic E-state index is -0.397. The predicted octanol–water partition coefficient (Wildman–Crippen LogP) is 0.737.